The predicted molar refractivity (Wildman–Crippen MR) is 142 cm³/mol. The number of nitriles is 1. The smallest absolute Gasteiger partial charge is 0.257 e. The van der Waals surface area contributed by atoms with Gasteiger partial charge in [0.15, 0.2) is 0 Å². The minimum Gasteiger partial charge on any atom is -0.324 e. The van der Waals surface area contributed by atoms with Crippen molar-refractivity contribution in [2.75, 3.05) is 43.4 Å². The van der Waals surface area contributed by atoms with Crippen molar-refractivity contribution in [2.24, 2.45) is 0 Å². The van der Waals surface area contributed by atoms with Gasteiger partial charge in [0.05, 0.1) is 29.4 Å². The summed E-state index contributed by atoms with van der Waals surface area (Å²) >= 11 is 0. The zero-order valence-electron chi connectivity index (χ0n) is 20.5. The maximum Gasteiger partial charge on any atom is 0.257 e. The minimum absolute atomic E-state index is 0.133. The zero-order valence-corrected chi connectivity index (χ0v) is 20.5. The summed E-state index contributed by atoms with van der Waals surface area (Å²) in [5.74, 6) is -0.393. The van der Waals surface area contributed by atoms with E-state index >= 15 is 0 Å². The monoisotopic (exact) mass is 481 g/mol. The predicted octanol–water partition coefficient (Wildman–Crippen LogP) is 4.27. The molecule has 0 bridgehead atoms. The number of anilines is 2. The lowest BCUT2D eigenvalue weighted by Gasteiger charge is -2.22. The number of hydrogen-bond donors (Lipinski definition) is 2. The number of hydrogen-bond acceptors (Lipinski definition) is 5. The van der Waals surface area contributed by atoms with Crippen LogP contribution in [0.2, 0.25) is 0 Å². The SMILES string of the molecule is Cc1cccc(NC(=O)c2ccccc2NC(=O)CN2CCCN(Cc3ccc(C#N)cc3)CC2)c1. The van der Waals surface area contributed by atoms with Gasteiger partial charge in [0.2, 0.25) is 5.91 Å². The minimum atomic E-state index is -0.260. The van der Waals surface area contributed by atoms with E-state index in [1.165, 1.54) is 5.56 Å². The van der Waals surface area contributed by atoms with Crippen molar-refractivity contribution in [1.29, 1.82) is 5.26 Å². The summed E-state index contributed by atoms with van der Waals surface area (Å²) in [7, 11) is 0. The molecule has 0 unspecified atom stereocenters. The fourth-order valence-corrected chi connectivity index (χ4v) is 4.39. The number of benzene rings is 3. The highest BCUT2D eigenvalue weighted by Gasteiger charge is 2.19. The first-order valence-corrected chi connectivity index (χ1v) is 12.2. The Morgan fingerprint density at radius 1 is 0.889 bits per heavy atom. The van der Waals surface area contributed by atoms with Crippen LogP contribution in [0.15, 0.2) is 72.8 Å². The zero-order chi connectivity index (χ0) is 25.3. The molecule has 3 aromatic carbocycles. The van der Waals surface area contributed by atoms with Gasteiger partial charge in [-0.15, -0.1) is 0 Å². The van der Waals surface area contributed by atoms with Gasteiger partial charge in [0.1, 0.15) is 0 Å². The van der Waals surface area contributed by atoms with Crippen molar-refractivity contribution in [3.8, 4) is 6.07 Å². The molecular formula is C29H31N5O2. The van der Waals surface area contributed by atoms with Crippen LogP contribution < -0.4 is 10.6 Å². The van der Waals surface area contributed by atoms with Gasteiger partial charge in [0, 0.05) is 25.3 Å². The quantitative estimate of drug-likeness (QED) is 0.526. The normalized spacial score (nSPS) is 14.4. The summed E-state index contributed by atoms with van der Waals surface area (Å²) in [6.45, 7) is 6.53. The van der Waals surface area contributed by atoms with Gasteiger partial charge in [-0.3, -0.25) is 19.4 Å². The topological polar surface area (TPSA) is 88.5 Å². The van der Waals surface area contributed by atoms with Crippen LogP contribution in [-0.4, -0.2) is 54.3 Å². The van der Waals surface area contributed by atoms with Crippen molar-refractivity contribution < 1.29 is 9.59 Å². The van der Waals surface area contributed by atoms with Gasteiger partial charge in [-0.2, -0.15) is 5.26 Å². The van der Waals surface area contributed by atoms with Crippen LogP contribution in [-0.2, 0) is 11.3 Å². The van der Waals surface area contributed by atoms with E-state index in [0.717, 1.165) is 50.4 Å². The molecule has 4 rings (SSSR count). The number of rotatable bonds is 7. The Labute approximate surface area is 212 Å². The third kappa shape index (κ3) is 7.01. The molecule has 1 aliphatic rings. The molecule has 36 heavy (non-hydrogen) atoms. The van der Waals surface area contributed by atoms with Gasteiger partial charge in [-0.1, -0.05) is 36.4 Å². The van der Waals surface area contributed by atoms with E-state index in [4.69, 9.17) is 5.26 Å². The van der Waals surface area contributed by atoms with Crippen LogP contribution in [0.1, 0.15) is 33.5 Å². The lowest BCUT2D eigenvalue weighted by Crippen LogP contribution is -2.36. The first-order chi connectivity index (χ1) is 17.5. The number of nitrogens with zero attached hydrogens (tertiary/aromatic N) is 3. The highest BCUT2D eigenvalue weighted by atomic mass is 16.2. The molecule has 0 aromatic heterocycles. The van der Waals surface area contributed by atoms with E-state index in [0.29, 0.717) is 16.8 Å². The molecule has 0 aliphatic carbocycles. The second kappa shape index (κ2) is 12.1. The van der Waals surface area contributed by atoms with E-state index in [1.807, 2.05) is 61.5 Å². The molecule has 0 spiro atoms. The van der Waals surface area contributed by atoms with Crippen molar-refractivity contribution >= 4 is 23.2 Å². The van der Waals surface area contributed by atoms with Crippen LogP contribution in [0.4, 0.5) is 11.4 Å². The molecule has 2 amide bonds. The van der Waals surface area contributed by atoms with Crippen molar-refractivity contribution in [3.05, 3.63) is 95.1 Å². The summed E-state index contributed by atoms with van der Waals surface area (Å²) in [5, 5.41) is 14.8. The lowest BCUT2D eigenvalue weighted by molar-refractivity contribution is -0.117. The number of amides is 2. The first-order valence-electron chi connectivity index (χ1n) is 12.2. The van der Waals surface area contributed by atoms with E-state index in [9.17, 15) is 9.59 Å². The molecular weight excluding hydrogens is 450 g/mol. The number of carbonyl (C=O) groups is 2. The average Bonchev–Trinajstić information content (AvgIpc) is 3.09. The summed E-state index contributed by atoms with van der Waals surface area (Å²) in [5.41, 5.74) is 4.56. The fourth-order valence-electron chi connectivity index (χ4n) is 4.39. The molecule has 184 valence electrons. The average molecular weight is 482 g/mol. The van der Waals surface area contributed by atoms with Crippen LogP contribution >= 0.6 is 0 Å². The van der Waals surface area contributed by atoms with Crippen LogP contribution in [0.3, 0.4) is 0 Å². The Morgan fingerprint density at radius 2 is 1.64 bits per heavy atom. The number of para-hydroxylation sites is 1. The second-order valence-corrected chi connectivity index (χ2v) is 9.13. The molecule has 7 heteroatoms. The van der Waals surface area contributed by atoms with Gasteiger partial charge in [-0.25, -0.2) is 0 Å². The summed E-state index contributed by atoms with van der Waals surface area (Å²) in [6, 6.07) is 24.5. The number of aryl methyl sites for hydroxylation is 1. The molecule has 1 saturated heterocycles. The van der Waals surface area contributed by atoms with Gasteiger partial charge >= 0.3 is 0 Å². The van der Waals surface area contributed by atoms with Crippen LogP contribution in [0, 0.1) is 18.3 Å². The molecule has 7 nitrogen and oxygen atoms in total. The summed E-state index contributed by atoms with van der Waals surface area (Å²) in [6.07, 6.45) is 0.971. The summed E-state index contributed by atoms with van der Waals surface area (Å²) in [4.78, 5) is 30.3. The number of carbonyl (C=O) groups excluding carboxylic acids is 2. The molecule has 2 N–H and O–H groups in total. The molecule has 0 saturated carbocycles. The third-order valence-corrected chi connectivity index (χ3v) is 6.26. The maximum absolute atomic E-state index is 12.9. The molecule has 0 atom stereocenters. The molecule has 1 fully saturated rings. The standard InChI is InChI=1S/C29H31N5O2/c1-22-6-4-7-25(18-22)31-29(36)26-8-2-3-9-27(26)32-28(35)21-34-15-5-14-33(16-17-34)20-24-12-10-23(19-30)11-13-24/h2-4,6-13,18H,5,14-17,20-21H2,1H3,(H,31,36)(H,32,35). The van der Waals surface area contributed by atoms with E-state index in [-0.39, 0.29) is 18.4 Å². The largest absolute Gasteiger partial charge is 0.324 e. The Balaban J connectivity index is 1.31. The summed E-state index contributed by atoms with van der Waals surface area (Å²) < 4.78 is 0. The second-order valence-electron chi connectivity index (χ2n) is 9.13. The van der Waals surface area contributed by atoms with Crippen molar-refractivity contribution in [2.45, 2.75) is 19.9 Å². The fraction of sp³-hybridized carbons (Fsp3) is 0.276. The molecule has 1 aliphatic heterocycles. The molecule has 1 heterocycles. The lowest BCUT2D eigenvalue weighted by atomic mass is 10.1. The van der Waals surface area contributed by atoms with Gasteiger partial charge in [0.25, 0.3) is 5.91 Å². The number of nitrogens with one attached hydrogen (secondary N) is 2. The highest BCUT2D eigenvalue weighted by molar-refractivity contribution is 6.10. The first kappa shape index (κ1) is 25.1. The Morgan fingerprint density at radius 3 is 2.42 bits per heavy atom. The Hall–Kier alpha value is -3.99. The van der Waals surface area contributed by atoms with E-state index in [1.54, 1.807) is 18.2 Å². The van der Waals surface area contributed by atoms with Crippen LogP contribution in [0.25, 0.3) is 0 Å². The Bertz CT molecular complexity index is 1250. The third-order valence-electron chi connectivity index (χ3n) is 6.26. The van der Waals surface area contributed by atoms with Crippen molar-refractivity contribution in [1.82, 2.24) is 9.80 Å². The maximum atomic E-state index is 12.9. The molecule has 0 radical (unpaired) electrons. The van der Waals surface area contributed by atoms with Crippen LogP contribution in [0.5, 0.6) is 0 Å². The van der Waals surface area contributed by atoms with Gasteiger partial charge in [-0.05, 0) is 74.0 Å². The highest BCUT2D eigenvalue weighted by Crippen LogP contribution is 2.18. The Kier molecular flexibility index (Phi) is 8.45. The molecule has 3 aromatic rings. The van der Waals surface area contributed by atoms with E-state index in [2.05, 4.69) is 26.5 Å². The van der Waals surface area contributed by atoms with Gasteiger partial charge < -0.3 is 10.6 Å². The van der Waals surface area contributed by atoms with E-state index < -0.39 is 0 Å². The van der Waals surface area contributed by atoms with Crippen molar-refractivity contribution in [3.63, 3.8) is 0 Å².